The number of nitrogens with one attached hydrogen (secondary N) is 1. The van der Waals surface area contributed by atoms with Gasteiger partial charge >= 0.3 is 0 Å². The molecule has 30 heavy (non-hydrogen) atoms. The predicted octanol–water partition coefficient (Wildman–Crippen LogP) is 4.47. The molecule has 0 radical (unpaired) electrons. The molecule has 158 valence electrons. The van der Waals surface area contributed by atoms with Crippen LogP contribution in [0.3, 0.4) is 0 Å². The Morgan fingerprint density at radius 1 is 1.40 bits per heavy atom. The number of carbonyl (C=O) groups is 1. The van der Waals surface area contributed by atoms with Gasteiger partial charge in [0, 0.05) is 39.6 Å². The number of carbonyl (C=O) groups excluding carboxylic acids is 1. The van der Waals surface area contributed by atoms with E-state index in [0.717, 1.165) is 5.75 Å². The summed E-state index contributed by atoms with van der Waals surface area (Å²) >= 11 is 8.91. The maximum absolute atomic E-state index is 15.0. The Morgan fingerprint density at radius 3 is 2.90 bits per heavy atom. The minimum absolute atomic E-state index is 0.0915. The zero-order valence-corrected chi connectivity index (χ0v) is 18.4. The fourth-order valence-electron chi connectivity index (χ4n) is 4.02. The van der Waals surface area contributed by atoms with Crippen molar-refractivity contribution in [3.8, 4) is 0 Å². The monoisotopic (exact) mass is 468 g/mol. The molecule has 0 bridgehead atoms. The van der Waals surface area contributed by atoms with Crippen LogP contribution < -0.4 is 11.1 Å². The zero-order valence-electron chi connectivity index (χ0n) is 16.0. The number of thioether (sulfide) groups is 2. The van der Waals surface area contributed by atoms with E-state index in [4.69, 9.17) is 17.3 Å². The molecular weight excluding hydrogens is 450 g/mol. The van der Waals surface area contributed by atoms with Gasteiger partial charge in [-0.15, -0.1) is 0 Å². The molecular formula is C20H19ClF2N4OS2. The number of halogens is 3. The smallest absolute Gasteiger partial charge is 0.274 e. The molecule has 1 aromatic heterocycles. The van der Waals surface area contributed by atoms with Crippen molar-refractivity contribution in [3.05, 3.63) is 58.6 Å². The third kappa shape index (κ3) is 3.67. The molecule has 3 N–H and O–H groups in total. The molecule has 1 fully saturated rings. The Balaban J connectivity index is 1.72. The van der Waals surface area contributed by atoms with Gasteiger partial charge in [0.1, 0.15) is 23.7 Å². The third-order valence-corrected chi connectivity index (χ3v) is 8.46. The first-order chi connectivity index (χ1) is 14.3. The van der Waals surface area contributed by atoms with Crippen LogP contribution in [-0.2, 0) is 5.54 Å². The number of rotatable bonds is 4. The number of benzene rings is 1. The SMILES string of the molecule is C[C@]12CSC[C@@H]1[C@@](CF)(c1cc(NC(=O)c3ccc(Cl)cn3)ccc1F)N=C(N)S2. The molecule has 0 spiro atoms. The number of hydrogen-bond donors (Lipinski definition) is 2. The van der Waals surface area contributed by atoms with Gasteiger partial charge in [-0.3, -0.25) is 4.79 Å². The fraction of sp³-hybridized carbons (Fsp3) is 0.350. The van der Waals surface area contributed by atoms with Crippen molar-refractivity contribution in [2.45, 2.75) is 17.2 Å². The van der Waals surface area contributed by atoms with Crippen molar-refractivity contribution in [2.75, 3.05) is 23.5 Å². The number of nitrogens with zero attached hydrogens (tertiary/aromatic N) is 2. The standard InChI is InChI=1S/C20H19ClF2N4OS2/c1-19-10-29-8-16(19)20(9-22,27-18(24)30-19)13-6-12(3-4-14(13)23)26-17(28)15-5-2-11(21)7-25-15/h2-7,16H,8-10H2,1H3,(H2,24,27)(H,26,28)/t16-,19-,20+/m0/s1. The van der Waals surface area contributed by atoms with Crippen molar-refractivity contribution >= 4 is 51.9 Å². The summed E-state index contributed by atoms with van der Waals surface area (Å²) in [5.74, 6) is 0.117. The van der Waals surface area contributed by atoms with Gasteiger partial charge in [-0.2, -0.15) is 11.8 Å². The molecule has 0 aliphatic carbocycles. The van der Waals surface area contributed by atoms with E-state index in [0.29, 0.717) is 16.5 Å². The van der Waals surface area contributed by atoms with E-state index < -0.39 is 23.9 Å². The average Bonchev–Trinajstić information content (AvgIpc) is 3.10. The highest BCUT2D eigenvalue weighted by Crippen LogP contribution is 2.56. The Hall–Kier alpha value is -1.84. The number of amidine groups is 1. The number of anilines is 1. The minimum Gasteiger partial charge on any atom is -0.378 e. The Kier molecular flexibility index (Phi) is 5.71. The number of alkyl halides is 1. The molecule has 1 amide bonds. The quantitative estimate of drug-likeness (QED) is 0.691. The van der Waals surface area contributed by atoms with Gasteiger partial charge in [-0.1, -0.05) is 23.4 Å². The Bertz CT molecular complexity index is 1020. The lowest BCUT2D eigenvalue weighted by molar-refractivity contribution is 0.102. The fourth-order valence-corrected chi connectivity index (χ4v) is 7.43. The van der Waals surface area contributed by atoms with E-state index in [1.807, 2.05) is 6.92 Å². The van der Waals surface area contributed by atoms with Gasteiger partial charge in [-0.05, 0) is 37.3 Å². The van der Waals surface area contributed by atoms with Crippen LogP contribution in [0.1, 0.15) is 23.0 Å². The molecule has 1 aromatic carbocycles. The van der Waals surface area contributed by atoms with Gasteiger partial charge in [0.2, 0.25) is 0 Å². The second-order valence-electron chi connectivity index (χ2n) is 7.50. The van der Waals surface area contributed by atoms with Gasteiger partial charge < -0.3 is 11.1 Å². The molecule has 4 rings (SSSR count). The van der Waals surface area contributed by atoms with Crippen molar-refractivity contribution in [2.24, 2.45) is 16.6 Å². The van der Waals surface area contributed by atoms with Crippen LogP contribution in [0.5, 0.6) is 0 Å². The van der Waals surface area contributed by atoms with Crippen LogP contribution >= 0.6 is 35.1 Å². The van der Waals surface area contributed by atoms with Crippen molar-refractivity contribution in [1.82, 2.24) is 4.98 Å². The molecule has 1 saturated heterocycles. The van der Waals surface area contributed by atoms with Crippen LogP contribution in [-0.4, -0.2) is 39.0 Å². The molecule has 2 aliphatic rings. The van der Waals surface area contributed by atoms with E-state index in [1.54, 1.807) is 17.8 Å². The van der Waals surface area contributed by atoms with Crippen molar-refractivity contribution < 1.29 is 13.6 Å². The number of aromatic nitrogens is 1. The second-order valence-corrected chi connectivity index (χ2v) is 10.5. The molecule has 10 heteroatoms. The summed E-state index contributed by atoms with van der Waals surface area (Å²) in [7, 11) is 0. The molecule has 0 saturated carbocycles. The maximum atomic E-state index is 15.0. The number of aliphatic imine (C=N–C) groups is 1. The highest BCUT2D eigenvalue weighted by Gasteiger charge is 2.57. The number of amides is 1. The average molecular weight is 469 g/mol. The molecule has 3 heterocycles. The van der Waals surface area contributed by atoms with Gasteiger partial charge in [-0.25, -0.2) is 18.8 Å². The van der Waals surface area contributed by atoms with Gasteiger partial charge in [0.25, 0.3) is 5.91 Å². The van der Waals surface area contributed by atoms with Crippen molar-refractivity contribution in [3.63, 3.8) is 0 Å². The zero-order chi connectivity index (χ0) is 21.5. The topological polar surface area (TPSA) is 80.4 Å². The first kappa shape index (κ1) is 21.4. The van der Waals surface area contributed by atoms with E-state index >= 15 is 0 Å². The van der Waals surface area contributed by atoms with E-state index in [9.17, 15) is 13.6 Å². The normalized spacial score (nSPS) is 28.0. The maximum Gasteiger partial charge on any atom is 0.274 e. The van der Waals surface area contributed by atoms with E-state index in [-0.39, 0.29) is 27.1 Å². The molecule has 0 unspecified atom stereocenters. The number of pyridine rings is 1. The minimum atomic E-state index is -1.43. The van der Waals surface area contributed by atoms with E-state index in [2.05, 4.69) is 15.3 Å². The van der Waals surface area contributed by atoms with E-state index in [1.165, 1.54) is 42.2 Å². The lowest BCUT2D eigenvalue weighted by Gasteiger charge is -2.45. The number of nitrogens with two attached hydrogens (primary N) is 1. The van der Waals surface area contributed by atoms with Crippen LogP contribution in [0.2, 0.25) is 5.02 Å². The van der Waals surface area contributed by atoms with Crippen LogP contribution in [0, 0.1) is 11.7 Å². The summed E-state index contributed by atoms with van der Waals surface area (Å²) in [5, 5.41) is 3.33. The summed E-state index contributed by atoms with van der Waals surface area (Å²) in [6.07, 6.45) is 1.36. The molecule has 2 aliphatic heterocycles. The highest BCUT2D eigenvalue weighted by atomic mass is 35.5. The van der Waals surface area contributed by atoms with Crippen LogP contribution in [0.25, 0.3) is 0 Å². The number of fused-ring (bicyclic) bond motifs is 1. The second kappa shape index (κ2) is 8.01. The summed E-state index contributed by atoms with van der Waals surface area (Å²) < 4.78 is 29.2. The third-order valence-electron chi connectivity index (χ3n) is 5.49. The first-order valence-electron chi connectivity index (χ1n) is 9.18. The predicted molar refractivity (Wildman–Crippen MR) is 120 cm³/mol. The van der Waals surface area contributed by atoms with Gasteiger partial charge in [0.05, 0.1) is 5.02 Å². The lowest BCUT2D eigenvalue weighted by Crippen LogP contribution is -2.52. The molecule has 5 nitrogen and oxygen atoms in total. The largest absolute Gasteiger partial charge is 0.378 e. The summed E-state index contributed by atoms with van der Waals surface area (Å²) in [4.78, 5) is 20.9. The highest BCUT2D eigenvalue weighted by molar-refractivity contribution is 8.16. The summed E-state index contributed by atoms with van der Waals surface area (Å²) in [6.45, 7) is 1.13. The Labute approximate surface area is 186 Å². The van der Waals surface area contributed by atoms with Gasteiger partial charge in [0.15, 0.2) is 5.17 Å². The number of hydrogen-bond acceptors (Lipinski definition) is 6. The first-order valence-corrected chi connectivity index (χ1v) is 11.5. The van der Waals surface area contributed by atoms with Crippen LogP contribution in [0.4, 0.5) is 14.5 Å². The summed E-state index contributed by atoms with van der Waals surface area (Å²) in [6, 6.07) is 7.11. The molecule has 3 atom stereocenters. The molecule has 2 aromatic rings. The lowest BCUT2D eigenvalue weighted by atomic mass is 9.74. The summed E-state index contributed by atoms with van der Waals surface area (Å²) in [5.41, 5.74) is 5.18. The Morgan fingerprint density at radius 2 is 2.20 bits per heavy atom. The van der Waals surface area contributed by atoms with Crippen LogP contribution in [0.15, 0.2) is 41.5 Å². The van der Waals surface area contributed by atoms with Crippen molar-refractivity contribution in [1.29, 1.82) is 0 Å².